The van der Waals surface area contributed by atoms with Crippen LogP contribution >= 0.6 is 12.2 Å². The van der Waals surface area contributed by atoms with Gasteiger partial charge in [0, 0.05) is 23.6 Å². The van der Waals surface area contributed by atoms with Crippen LogP contribution in [-0.4, -0.2) is 28.0 Å². The van der Waals surface area contributed by atoms with Gasteiger partial charge in [0.25, 0.3) is 5.56 Å². The van der Waals surface area contributed by atoms with Gasteiger partial charge in [0.1, 0.15) is 5.82 Å². The number of phenols is 1. The first-order chi connectivity index (χ1) is 12.5. The molecular weight excluding hydrogens is 354 g/mol. The molecule has 8 heteroatoms. The molecule has 1 aromatic carbocycles. The third kappa shape index (κ3) is 2.53. The Hall–Kier alpha value is -2.87. The molecule has 0 saturated heterocycles. The van der Waals surface area contributed by atoms with Gasteiger partial charge in [-0.25, -0.2) is 0 Å². The largest absolute Gasteiger partial charge is 0.504 e. The summed E-state index contributed by atoms with van der Waals surface area (Å²) in [6, 6.07) is 4.86. The minimum atomic E-state index is -0.556. The predicted molar refractivity (Wildman–Crippen MR) is 98.3 cm³/mol. The number of carbonyl (C=O) groups is 1. The van der Waals surface area contributed by atoms with Crippen molar-refractivity contribution in [2.45, 2.75) is 25.2 Å². The molecule has 134 valence electrons. The Bertz CT molecular complexity index is 1070. The van der Waals surface area contributed by atoms with Crippen molar-refractivity contribution in [3.05, 3.63) is 55.7 Å². The van der Waals surface area contributed by atoms with Crippen LogP contribution in [0.4, 0.5) is 5.82 Å². The highest BCUT2D eigenvalue weighted by molar-refractivity contribution is 7.71. The minimum absolute atomic E-state index is 0.00374. The molecule has 1 unspecified atom stereocenters. The number of H-pyrrole nitrogens is 2. The number of aromatic amines is 2. The van der Waals surface area contributed by atoms with Crippen LogP contribution in [0.5, 0.6) is 11.5 Å². The predicted octanol–water partition coefficient (Wildman–Crippen LogP) is 2.71. The van der Waals surface area contributed by atoms with Gasteiger partial charge in [-0.15, -0.1) is 0 Å². The normalized spacial score (nSPS) is 18.8. The number of hydrogen-bond donors (Lipinski definition) is 4. The third-order valence-corrected chi connectivity index (χ3v) is 5.03. The maximum absolute atomic E-state index is 12.7. The fourth-order valence-electron chi connectivity index (χ4n) is 3.70. The zero-order chi connectivity index (χ0) is 18.4. The van der Waals surface area contributed by atoms with Crippen LogP contribution < -0.4 is 15.6 Å². The number of allylic oxidation sites excluding steroid dienone is 2. The topological polar surface area (TPSA) is 107 Å². The average molecular weight is 371 g/mol. The number of hydrogen-bond acceptors (Lipinski definition) is 6. The van der Waals surface area contributed by atoms with Crippen molar-refractivity contribution in [1.29, 1.82) is 0 Å². The molecule has 1 aliphatic carbocycles. The van der Waals surface area contributed by atoms with Gasteiger partial charge in [0.2, 0.25) is 0 Å². The van der Waals surface area contributed by atoms with Gasteiger partial charge in [0.15, 0.2) is 22.1 Å². The van der Waals surface area contributed by atoms with Crippen LogP contribution in [0.15, 0.2) is 34.3 Å². The Labute approximate surface area is 153 Å². The summed E-state index contributed by atoms with van der Waals surface area (Å²) in [5.74, 6) is 0.246. The lowest BCUT2D eigenvalue weighted by Gasteiger charge is -2.33. The van der Waals surface area contributed by atoms with E-state index >= 15 is 0 Å². The van der Waals surface area contributed by atoms with Crippen LogP contribution in [0.3, 0.4) is 0 Å². The van der Waals surface area contributed by atoms with Crippen molar-refractivity contribution in [2.75, 3.05) is 12.4 Å². The van der Waals surface area contributed by atoms with E-state index in [1.165, 1.54) is 13.2 Å². The van der Waals surface area contributed by atoms with Crippen molar-refractivity contribution < 1.29 is 14.6 Å². The smallest absolute Gasteiger partial charge is 0.257 e. The van der Waals surface area contributed by atoms with E-state index in [9.17, 15) is 14.7 Å². The number of anilines is 1. The summed E-state index contributed by atoms with van der Waals surface area (Å²) in [5.41, 5.74) is 2.15. The van der Waals surface area contributed by atoms with E-state index in [0.717, 1.165) is 18.5 Å². The molecule has 0 fully saturated rings. The first kappa shape index (κ1) is 16.6. The molecule has 1 aliphatic heterocycles. The molecule has 2 aliphatic rings. The Morgan fingerprint density at radius 1 is 1.23 bits per heavy atom. The first-order valence-electron chi connectivity index (χ1n) is 8.26. The second-order valence-corrected chi connectivity index (χ2v) is 6.76. The molecule has 0 saturated carbocycles. The molecule has 7 nitrogen and oxygen atoms in total. The van der Waals surface area contributed by atoms with Crippen molar-refractivity contribution in [3.63, 3.8) is 0 Å². The first-order valence-corrected chi connectivity index (χ1v) is 8.67. The molecule has 4 N–H and O–H groups in total. The van der Waals surface area contributed by atoms with E-state index in [0.29, 0.717) is 28.9 Å². The number of Topliss-reactive ketones (excluding diaryl/α,β-unsaturated/α-hetero) is 1. The Kier molecular flexibility index (Phi) is 3.91. The highest BCUT2D eigenvalue weighted by Crippen LogP contribution is 2.44. The summed E-state index contributed by atoms with van der Waals surface area (Å²) in [6.45, 7) is 0. The summed E-state index contributed by atoms with van der Waals surface area (Å²) in [7, 11) is 1.45. The lowest BCUT2D eigenvalue weighted by molar-refractivity contribution is -0.116. The van der Waals surface area contributed by atoms with Crippen LogP contribution in [0.2, 0.25) is 0 Å². The van der Waals surface area contributed by atoms with E-state index in [-0.39, 0.29) is 27.6 Å². The number of carbonyl (C=O) groups excluding carboxylic acids is 1. The van der Waals surface area contributed by atoms with Crippen LogP contribution in [0.1, 0.15) is 36.3 Å². The van der Waals surface area contributed by atoms with E-state index < -0.39 is 5.92 Å². The van der Waals surface area contributed by atoms with Crippen molar-refractivity contribution in [1.82, 2.24) is 9.97 Å². The van der Waals surface area contributed by atoms with Crippen LogP contribution in [-0.2, 0) is 4.79 Å². The van der Waals surface area contributed by atoms with Gasteiger partial charge in [-0.2, -0.15) is 0 Å². The van der Waals surface area contributed by atoms with Gasteiger partial charge in [-0.1, -0.05) is 6.07 Å². The van der Waals surface area contributed by atoms with E-state index in [1.54, 1.807) is 12.1 Å². The second kappa shape index (κ2) is 6.14. The van der Waals surface area contributed by atoms with Gasteiger partial charge in [-0.3, -0.25) is 14.6 Å². The van der Waals surface area contributed by atoms with Crippen molar-refractivity contribution >= 4 is 23.8 Å². The molecule has 2 aromatic rings. The van der Waals surface area contributed by atoms with E-state index in [4.69, 9.17) is 17.0 Å². The van der Waals surface area contributed by atoms with E-state index in [1.807, 2.05) is 0 Å². The molecule has 0 amide bonds. The number of aromatic hydroxyl groups is 1. The standard InChI is InChI=1S/C18H17N3O4S/c1-25-12-7-8(5-6-10(12)22)13-14-9(3-2-4-11(14)23)19-16-15(13)17(24)21-18(26)20-16/h5-7,13,22H,2-4H2,1H3,(H3,19,20,21,24,26). The lowest BCUT2D eigenvalue weighted by Crippen LogP contribution is -2.32. The molecule has 4 rings (SSSR count). The number of rotatable bonds is 2. The lowest BCUT2D eigenvalue weighted by atomic mass is 9.76. The van der Waals surface area contributed by atoms with Gasteiger partial charge >= 0.3 is 0 Å². The molecule has 1 atom stereocenters. The molecule has 0 radical (unpaired) electrons. The average Bonchev–Trinajstić information content (AvgIpc) is 2.60. The van der Waals surface area contributed by atoms with Gasteiger partial charge in [0.05, 0.1) is 12.7 Å². The van der Waals surface area contributed by atoms with Crippen molar-refractivity contribution in [2.24, 2.45) is 0 Å². The van der Waals surface area contributed by atoms with Gasteiger partial charge in [-0.05, 0) is 42.8 Å². The fourth-order valence-corrected chi connectivity index (χ4v) is 3.90. The molecule has 2 heterocycles. The number of aromatic nitrogens is 2. The minimum Gasteiger partial charge on any atom is -0.504 e. The number of benzene rings is 1. The SMILES string of the molecule is COc1cc(C2C3=C(CCCC3=O)Nc3[nH]c(=S)[nH]c(=O)c32)ccc1O. The fraction of sp³-hybridized carbons (Fsp3) is 0.278. The van der Waals surface area contributed by atoms with Gasteiger partial charge < -0.3 is 20.1 Å². The van der Waals surface area contributed by atoms with Crippen LogP contribution in [0.25, 0.3) is 0 Å². The maximum Gasteiger partial charge on any atom is 0.257 e. The summed E-state index contributed by atoms with van der Waals surface area (Å²) in [6.07, 6.45) is 1.93. The summed E-state index contributed by atoms with van der Waals surface area (Å²) in [5, 5.41) is 13.1. The quantitative estimate of drug-likeness (QED) is 0.605. The Morgan fingerprint density at radius 3 is 2.81 bits per heavy atom. The number of ether oxygens (including phenoxy) is 1. The zero-order valence-corrected chi connectivity index (χ0v) is 14.8. The van der Waals surface area contributed by atoms with Crippen molar-refractivity contribution in [3.8, 4) is 11.5 Å². The Morgan fingerprint density at radius 2 is 2.04 bits per heavy atom. The third-order valence-electron chi connectivity index (χ3n) is 4.83. The Balaban J connectivity index is 2.01. The highest BCUT2D eigenvalue weighted by atomic mass is 32.1. The zero-order valence-electron chi connectivity index (χ0n) is 14.0. The number of nitrogens with one attached hydrogen (secondary N) is 3. The number of methoxy groups -OCH3 is 1. The molecule has 0 bridgehead atoms. The molecule has 0 spiro atoms. The molecule has 26 heavy (non-hydrogen) atoms. The maximum atomic E-state index is 12.7. The highest BCUT2D eigenvalue weighted by Gasteiger charge is 2.37. The number of phenolic OH excluding ortho intramolecular Hbond substituents is 1. The molecular formula is C18H17N3O4S. The summed E-state index contributed by atoms with van der Waals surface area (Å²) < 4.78 is 5.42. The second-order valence-electron chi connectivity index (χ2n) is 6.36. The van der Waals surface area contributed by atoms with Crippen LogP contribution in [0, 0.1) is 4.77 Å². The summed E-state index contributed by atoms with van der Waals surface area (Å²) in [4.78, 5) is 31.0. The number of fused-ring (bicyclic) bond motifs is 1. The molecule has 1 aromatic heterocycles. The monoisotopic (exact) mass is 371 g/mol. The number of ketones is 1. The summed E-state index contributed by atoms with van der Waals surface area (Å²) >= 11 is 5.08. The van der Waals surface area contributed by atoms with E-state index in [2.05, 4.69) is 15.3 Å².